The van der Waals surface area contributed by atoms with Gasteiger partial charge in [-0.3, -0.25) is 0 Å². The molecule has 0 aromatic heterocycles. The van der Waals surface area contributed by atoms with E-state index in [1.807, 2.05) is 0 Å². The Hall–Kier alpha value is -2.07. The summed E-state index contributed by atoms with van der Waals surface area (Å²) in [5.41, 5.74) is -0.791. The zero-order valence-corrected chi connectivity index (χ0v) is 16.5. The molecule has 28 heavy (non-hydrogen) atoms. The molecular formula is C17H16ClF3N2O4S. The standard InChI is InChI=1S/C17H16ClF3N2O4S/c1-16(14(24)25-2)7-12(22-27-16)9-5-13(11(19)6-10(9)18)26-15(28)23-4-3-17(20,21)8-23/h5-6H,3-4,7-8H2,1-2H3. The Morgan fingerprint density at radius 2 is 2.14 bits per heavy atom. The van der Waals surface area contributed by atoms with Gasteiger partial charge in [0.25, 0.3) is 11.1 Å². The predicted molar refractivity (Wildman–Crippen MR) is 98.4 cm³/mol. The Bertz CT molecular complexity index is 867. The highest BCUT2D eigenvalue weighted by molar-refractivity contribution is 7.80. The Labute approximate surface area is 169 Å². The number of carbonyl (C=O) groups is 1. The molecule has 11 heteroatoms. The van der Waals surface area contributed by atoms with Crippen LogP contribution in [-0.4, -0.2) is 53.5 Å². The van der Waals surface area contributed by atoms with Gasteiger partial charge < -0.3 is 19.2 Å². The van der Waals surface area contributed by atoms with Crippen molar-refractivity contribution in [2.75, 3.05) is 20.2 Å². The molecule has 1 aromatic rings. The quantitative estimate of drug-likeness (QED) is 0.533. The van der Waals surface area contributed by atoms with Crippen molar-refractivity contribution in [2.45, 2.75) is 31.3 Å². The van der Waals surface area contributed by atoms with Crippen molar-refractivity contribution < 1.29 is 32.3 Å². The number of benzene rings is 1. The summed E-state index contributed by atoms with van der Waals surface area (Å²) in [5.74, 6) is -4.62. The van der Waals surface area contributed by atoms with E-state index in [0.29, 0.717) is 0 Å². The summed E-state index contributed by atoms with van der Waals surface area (Å²) in [4.78, 5) is 18.2. The van der Waals surface area contributed by atoms with Crippen LogP contribution >= 0.6 is 23.8 Å². The van der Waals surface area contributed by atoms with Crippen LogP contribution in [0.2, 0.25) is 5.02 Å². The molecule has 0 spiro atoms. The first-order valence-corrected chi connectivity index (χ1v) is 9.01. The molecule has 3 rings (SSSR count). The van der Waals surface area contributed by atoms with Crippen LogP contribution in [0.3, 0.4) is 0 Å². The van der Waals surface area contributed by atoms with E-state index in [2.05, 4.69) is 9.89 Å². The van der Waals surface area contributed by atoms with Crippen LogP contribution in [0.4, 0.5) is 13.2 Å². The van der Waals surface area contributed by atoms with E-state index >= 15 is 0 Å². The summed E-state index contributed by atoms with van der Waals surface area (Å²) in [6.07, 6.45) is -0.321. The molecule has 1 unspecified atom stereocenters. The highest BCUT2D eigenvalue weighted by atomic mass is 35.5. The van der Waals surface area contributed by atoms with Crippen LogP contribution < -0.4 is 4.74 Å². The maximum absolute atomic E-state index is 14.3. The maximum atomic E-state index is 14.3. The first kappa shape index (κ1) is 20.7. The number of rotatable bonds is 3. The zero-order valence-electron chi connectivity index (χ0n) is 14.9. The van der Waals surface area contributed by atoms with E-state index in [9.17, 15) is 18.0 Å². The predicted octanol–water partition coefficient (Wildman–Crippen LogP) is 3.54. The summed E-state index contributed by atoms with van der Waals surface area (Å²) < 4.78 is 50.9. The molecule has 1 aromatic carbocycles. The van der Waals surface area contributed by atoms with Crippen molar-refractivity contribution in [2.24, 2.45) is 5.16 Å². The topological polar surface area (TPSA) is 60.4 Å². The third-order valence-electron chi connectivity index (χ3n) is 4.44. The molecule has 1 atom stereocenters. The van der Waals surface area contributed by atoms with Gasteiger partial charge in [0.1, 0.15) is 0 Å². The lowest BCUT2D eigenvalue weighted by molar-refractivity contribution is -0.164. The van der Waals surface area contributed by atoms with Gasteiger partial charge in [0.15, 0.2) is 11.6 Å². The molecule has 1 fully saturated rings. The van der Waals surface area contributed by atoms with Crippen molar-refractivity contribution in [3.05, 3.63) is 28.5 Å². The van der Waals surface area contributed by atoms with Crippen molar-refractivity contribution in [3.63, 3.8) is 0 Å². The fourth-order valence-corrected chi connectivity index (χ4v) is 3.39. The van der Waals surface area contributed by atoms with Gasteiger partial charge in [0.2, 0.25) is 5.60 Å². The van der Waals surface area contributed by atoms with Crippen molar-refractivity contribution in [1.29, 1.82) is 0 Å². The fraction of sp³-hybridized carbons (Fsp3) is 0.471. The van der Waals surface area contributed by atoms with Crippen molar-refractivity contribution in [1.82, 2.24) is 4.90 Å². The largest absolute Gasteiger partial charge is 0.466 e. The molecule has 0 amide bonds. The van der Waals surface area contributed by atoms with Gasteiger partial charge >= 0.3 is 5.97 Å². The summed E-state index contributed by atoms with van der Waals surface area (Å²) >= 11 is 11.1. The molecule has 0 aliphatic carbocycles. The van der Waals surface area contributed by atoms with Crippen LogP contribution in [-0.2, 0) is 14.4 Å². The Kier molecular flexibility index (Phi) is 5.46. The highest BCUT2D eigenvalue weighted by Gasteiger charge is 2.44. The fourth-order valence-electron chi connectivity index (χ4n) is 2.89. The van der Waals surface area contributed by atoms with Crippen LogP contribution in [0.15, 0.2) is 17.3 Å². The molecule has 0 N–H and O–H groups in total. The van der Waals surface area contributed by atoms with E-state index in [0.717, 1.165) is 11.0 Å². The third kappa shape index (κ3) is 4.02. The lowest BCUT2D eigenvalue weighted by Gasteiger charge is -2.19. The monoisotopic (exact) mass is 436 g/mol. The minimum Gasteiger partial charge on any atom is -0.466 e. The average molecular weight is 437 g/mol. The second kappa shape index (κ2) is 7.40. The first-order chi connectivity index (χ1) is 13.0. The van der Waals surface area contributed by atoms with Crippen molar-refractivity contribution >= 4 is 40.7 Å². The molecule has 0 bridgehead atoms. The lowest BCUT2D eigenvalue weighted by Crippen LogP contribution is -2.36. The van der Waals surface area contributed by atoms with E-state index in [-0.39, 0.29) is 46.6 Å². The number of carbonyl (C=O) groups excluding carboxylic acids is 1. The van der Waals surface area contributed by atoms with Crippen LogP contribution in [0, 0.1) is 5.82 Å². The zero-order chi connectivity index (χ0) is 20.7. The molecule has 0 radical (unpaired) electrons. The Morgan fingerprint density at radius 1 is 1.43 bits per heavy atom. The minimum absolute atomic E-state index is 0.00588. The number of halogens is 4. The number of hydrogen-bond acceptors (Lipinski definition) is 6. The first-order valence-electron chi connectivity index (χ1n) is 8.22. The number of methoxy groups -OCH3 is 1. The minimum atomic E-state index is -2.87. The number of thiocarbonyl (C=S) groups is 1. The van der Waals surface area contributed by atoms with Crippen LogP contribution in [0.1, 0.15) is 25.3 Å². The summed E-state index contributed by atoms with van der Waals surface area (Å²) in [7, 11) is 1.22. The number of esters is 1. The number of alkyl halides is 2. The van der Waals surface area contributed by atoms with Crippen molar-refractivity contribution in [3.8, 4) is 5.75 Å². The van der Waals surface area contributed by atoms with Crippen LogP contribution in [0.5, 0.6) is 5.75 Å². The smallest absolute Gasteiger partial charge is 0.353 e. The number of likely N-dealkylation sites (tertiary alicyclic amines) is 1. The van der Waals surface area contributed by atoms with E-state index in [1.165, 1.54) is 20.1 Å². The van der Waals surface area contributed by atoms with Gasteiger partial charge in [0.05, 0.1) is 24.4 Å². The van der Waals surface area contributed by atoms with Crippen LogP contribution in [0.25, 0.3) is 0 Å². The van der Waals surface area contributed by atoms with Gasteiger partial charge in [-0.2, -0.15) is 0 Å². The molecule has 1 saturated heterocycles. The Balaban J connectivity index is 1.80. The lowest BCUT2D eigenvalue weighted by atomic mass is 9.96. The molecule has 6 nitrogen and oxygen atoms in total. The summed E-state index contributed by atoms with van der Waals surface area (Å²) in [6, 6.07) is 2.23. The normalized spacial score (nSPS) is 23.2. The van der Waals surface area contributed by atoms with Gasteiger partial charge in [-0.25, -0.2) is 18.0 Å². The number of hydrogen-bond donors (Lipinski definition) is 0. The van der Waals surface area contributed by atoms with Gasteiger partial charge in [-0.15, -0.1) is 0 Å². The number of ether oxygens (including phenoxy) is 2. The molecule has 2 heterocycles. The third-order valence-corrected chi connectivity index (χ3v) is 5.09. The molecule has 2 aliphatic heterocycles. The maximum Gasteiger partial charge on any atom is 0.353 e. The average Bonchev–Trinajstić information content (AvgIpc) is 3.20. The SMILES string of the molecule is COC(=O)C1(C)CC(c2cc(OC(=S)N3CCC(F)(F)C3)c(F)cc2Cl)=NO1. The number of oxime groups is 1. The Morgan fingerprint density at radius 3 is 2.75 bits per heavy atom. The second-order valence-electron chi connectivity index (χ2n) is 6.69. The van der Waals surface area contributed by atoms with E-state index < -0.39 is 29.9 Å². The molecular weight excluding hydrogens is 421 g/mol. The molecule has 152 valence electrons. The van der Waals surface area contributed by atoms with E-state index in [4.69, 9.17) is 33.4 Å². The number of nitrogens with zero attached hydrogens (tertiary/aromatic N) is 2. The van der Waals surface area contributed by atoms with Gasteiger partial charge in [-0.1, -0.05) is 16.8 Å². The summed E-state index contributed by atoms with van der Waals surface area (Å²) in [6.45, 7) is 0.907. The second-order valence-corrected chi connectivity index (χ2v) is 7.44. The van der Waals surface area contributed by atoms with Gasteiger partial charge in [0, 0.05) is 24.9 Å². The highest BCUT2D eigenvalue weighted by Crippen LogP contribution is 2.34. The molecule has 0 saturated carbocycles. The molecule has 2 aliphatic rings. The van der Waals surface area contributed by atoms with E-state index in [1.54, 1.807) is 0 Å². The van der Waals surface area contributed by atoms with Gasteiger partial charge in [-0.05, 0) is 31.3 Å². The summed E-state index contributed by atoms with van der Waals surface area (Å²) in [5, 5.41) is 3.59.